The molecular weight excluding hydrogens is 368 g/mol. The van der Waals surface area contributed by atoms with Gasteiger partial charge in [0.15, 0.2) is 0 Å². The van der Waals surface area contributed by atoms with Crippen molar-refractivity contribution in [2.75, 3.05) is 25.9 Å². The molecule has 1 rings (SSSR count). The van der Waals surface area contributed by atoms with Crippen LogP contribution in [0.5, 0.6) is 0 Å². The predicted molar refractivity (Wildman–Crippen MR) is 92.4 cm³/mol. The molecule has 0 fully saturated rings. The van der Waals surface area contributed by atoms with Crippen molar-refractivity contribution in [1.29, 1.82) is 0 Å². The van der Waals surface area contributed by atoms with Gasteiger partial charge in [-0.2, -0.15) is 0 Å². The van der Waals surface area contributed by atoms with Crippen LogP contribution in [0, 0.1) is 0 Å². The molecule has 1 aromatic rings. The molecule has 22 heavy (non-hydrogen) atoms. The number of unbranched alkanes of at least 4 members (excludes halogenated alkanes) is 1. The zero-order valence-corrected chi connectivity index (χ0v) is 15.0. The number of nitrogens with one attached hydrogen (secondary N) is 1. The molecule has 0 saturated carbocycles. The van der Waals surface area contributed by atoms with Gasteiger partial charge in [0.1, 0.15) is 0 Å². The normalized spacial score (nSPS) is 10.3. The van der Waals surface area contributed by atoms with Crippen molar-refractivity contribution < 1.29 is 14.7 Å². The van der Waals surface area contributed by atoms with E-state index in [0.717, 1.165) is 23.1 Å². The summed E-state index contributed by atoms with van der Waals surface area (Å²) in [4.78, 5) is 24.7. The fourth-order valence-electron chi connectivity index (χ4n) is 1.67. The Bertz CT molecular complexity index is 499. The van der Waals surface area contributed by atoms with Gasteiger partial charge in [0.05, 0.1) is 6.42 Å². The van der Waals surface area contributed by atoms with Crippen molar-refractivity contribution in [3.8, 4) is 0 Å². The quantitative estimate of drug-likeness (QED) is 0.502. The van der Waals surface area contributed by atoms with E-state index in [4.69, 9.17) is 5.11 Å². The third kappa shape index (κ3) is 7.70. The first-order valence-electron chi connectivity index (χ1n) is 7.09. The molecule has 0 spiro atoms. The van der Waals surface area contributed by atoms with Crippen LogP contribution in [0.3, 0.4) is 0 Å². The van der Waals surface area contributed by atoms with Crippen LogP contribution in [0.25, 0.3) is 0 Å². The van der Waals surface area contributed by atoms with E-state index in [-0.39, 0.29) is 19.0 Å². The molecule has 0 radical (unpaired) electrons. The minimum absolute atomic E-state index is 0.0352. The standard InChI is InChI=1S/C15H21BrN2O3S/c1-18(10-8-14(19)20)15(21)17-9-4-5-11-22-13-7-3-2-6-12(13)16/h2-3,6-7H,4-5,8-11H2,1H3,(H,17,21)(H,19,20). The molecule has 0 saturated heterocycles. The van der Waals surface area contributed by atoms with Crippen LogP contribution in [0.2, 0.25) is 0 Å². The predicted octanol–water partition coefficient (Wildman–Crippen LogP) is 3.44. The molecule has 2 amide bonds. The van der Waals surface area contributed by atoms with E-state index in [9.17, 15) is 9.59 Å². The lowest BCUT2D eigenvalue weighted by Crippen LogP contribution is -2.38. The molecule has 0 aliphatic heterocycles. The zero-order valence-electron chi connectivity index (χ0n) is 12.5. The second kappa shape index (κ2) is 10.5. The van der Waals surface area contributed by atoms with E-state index in [1.54, 1.807) is 18.8 Å². The van der Waals surface area contributed by atoms with E-state index < -0.39 is 5.97 Å². The molecule has 0 bridgehead atoms. The Morgan fingerprint density at radius 3 is 2.73 bits per heavy atom. The molecule has 0 aliphatic rings. The van der Waals surface area contributed by atoms with Crippen LogP contribution >= 0.6 is 27.7 Å². The maximum atomic E-state index is 11.7. The highest BCUT2D eigenvalue weighted by molar-refractivity contribution is 9.10. The van der Waals surface area contributed by atoms with Gasteiger partial charge >= 0.3 is 12.0 Å². The number of thioether (sulfide) groups is 1. The van der Waals surface area contributed by atoms with Crippen molar-refractivity contribution >= 4 is 39.7 Å². The number of urea groups is 1. The lowest BCUT2D eigenvalue weighted by Gasteiger charge is -2.16. The number of halogens is 1. The van der Waals surface area contributed by atoms with Gasteiger partial charge in [-0.15, -0.1) is 11.8 Å². The van der Waals surface area contributed by atoms with E-state index >= 15 is 0 Å². The zero-order chi connectivity index (χ0) is 16.4. The van der Waals surface area contributed by atoms with Gasteiger partial charge in [-0.3, -0.25) is 4.79 Å². The number of benzene rings is 1. The van der Waals surface area contributed by atoms with Crippen LogP contribution in [-0.2, 0) is 4.79 Å². The Hall–Kier alpha value is -1.21. The Morgan fingerprint density at radius 1 is 1.32 bits per heavy atom. The number of amides is 2. The average molecular weight is 389 g/mol. The lowest BCUT2D eigenvalue weighted by molar-refractivity contribution is -0.137. The van der Waals surface area contributed by atoms with Gasteiger partial charge < -0.3 is 15.3 Å². The first-order valence-corrected chi connectivity index (χ1v) is 8.86. The number of nitrogens with zero attached hydrogens (tertiary/aromatic N) is 1. The molecule has 7 heteroatoms. The van der Waals surface area contributed by atoms with Crippen molar-refractivity contribution in [2.45, 2.75) is 24.2 Å². The molecule has 0 heterocycles. The SMILES string of the molecule is CN(CCC(=O)O)C(=O)NCCCCSc1ccccc1Br. The van der Waals surface area contributed by atoms with E-state index in [2.05, 4.69) is 27.3 Å². The maximum Gasteiger partial charge on any atom is 0.317 e. The van der Waals surface area contributed by atoms with Gasteiger partial charge in [0.25, 0.3) is 0 Å². The number of carbonyl (C=O) groups is 2. The molecule has 122 valence electrons. The third-order valence-corrected chi connectivity index (χ3v) is 5.06. The summed E-state index contributed by atoms with van der Waals surface area (Å²) in [6.07, 6.45) is 1.87. The number of carbonyl (C=O) groups excluding carboxylic acids is 1. The van der Waals surface area contributed by atoms with Gasteiger partial charge in [0, 0.05) is 29.5 Å². The topological polar surface area (TPSA) is 69.6 Å². The summed E-state index contributed by atoms with van der Waals surface area (Å²) < 4.78 is 1.10. The van der Waals surface area contributed by atoms with Crippen LogP contribution in [0.15, 0.2) is 33.6 Å². The summed E-state index contributed by atoms with van der Waals surface area (Å²) in [7, 11) is 1.60. The summed E-state index contributed by atoms with van der Waals surface area (Å²) in [6, 6.07) is 7.88. The first kappa shape index (κ1) is 18.8. The van der Waals surface area contributed by atoms with Gasteiger partial charge in [0.2, 0.25) is 0 Å². The minimum Gasteiger partial charge on any atom is -0.481 e. The number of carboxylic acids is 1. The Morgan fingerprint density at radius 2 is 2.05 bits per heavy atom. The second-order valence-corrected chi connectivity index (χ2v) is 6.77. The molecule has 0 atom stereocenters. The smallest absolute Gasteiger partial charge is 0.317 e. The monoisotopic (exact) mass is 388 g/mol. The fourth-order valence-corrected chi connectivity index (χ4v) is 3.24. The first-order chi connectivity index (χ1) is 10.5. The van der Waals surface area contributed by atoms with E-state index in [1.165, 1.54) is 9.80 Å². The van der Waals surface area contributed by atoms with Gasteiger partial charge in [-0.25, -0.2) is 4.79 Å². The number of aliphatic carboxylic acids is 1. The van der Waals surface area contributed by atoms with Crippen LogP contribution in [0.4, 0.5) is 4.79 Å². The molecule has 0 aromatic heterocycles. The summed E-state index contributed by atoms with van der Waals surface area (Å²) in [5, 5.41) is 11.4. The van der Waals surface area contributed by atoms with Gasteiger partial charge in [-0.1, -0.05) is 12.1 Å². The fraction of sp³-hybridized carbons (Fsp3) is 0.467. The van der Waals surface area contributed by atoms with Crippen LogP contribution < -0.4 is 5.32 Å². The van der Waals surface area contributed by atoms with Crippen LogP contribution in [-0.4, -0.2) is 47.9 Å². The third-order valence-electron chi connectivity index (χ3n) is 2.95. The highest BCUT2D eigenvalue weighted by Gasteiger charge is 2.08. The Kier molecular flexibility index (Phi) is 9.00. The molecule has 1 aromatic carbocycles. The summed E-state index contributed by atoms with van der Waals surface area (Å²) >= 11 is 5.30. The average Bonchev–Trinajstić information content (AvgIpc) is 2.49. The van der Waals surface area contributed by atoms with Crippen molar-refractivity contribution in [2.24, 2.45) is 0 Å². The summed E-state index contributed by atoms with van der Waals surface area (Å²) in [6.45, 7) is 0.825. The largest absolute Gasteiger partial charge is 0.481 e. The highest BCUT2D eigenvalue weighted by atomic mass is 79.9. The minimum atomic E-state index is -0.899. The van der Waals surface area contributed by atoms with Crippen molar-refractivity contribution in [1.82, 2.24) is 10.2 Å². The number of hydrogen-bond donors (Lipinski definition) is 2. The molecule has 0 unspecified atom stereocenters. The summed E-state index contributed by atoms with van der Waals surface area (Å²) in [5.74, 6) is 0.0941. The number of carboxylic acid groups (broad SMARTS) is 1. The molecule has 2 N–H and O–H groups in total. The molecule has 0 aliphatic carbocycles. The van der Waals surface area contributed by atoms with Crippen molar-refractivity contribution in [3.05, 3.63) is 28.7 Å². The highest BCUT2D eigenvalue weighted by Crippen LogP contribution is 2.27. The van der Waals surface area contributed by atoms with Crippen molar-refractivity contribution in [3.63, 3.8) is 0 Å². The van der Waals surface area contributed by atoms with Crippen LogP contribution in [0.1, 0.15) is 19.3 Å². The Labute approximate surface area is 143 Å². The van der Waals surface area contributed by atoms with E-state index in [0.29, 0.717) is 6.54 Å². The molecule has 5 nitrogen and oxygen atoms in total. The Balaban J connectivity index is 2.09. The van der Waals surface area contributed by atoms with Gasteiger partial charge in [-0.05, 0) is 46.7 Å². The number of rotatable bonds is 9. The van der Waals surface area contributed by atoms with E-state index in [1.807, 2.05) is 18.2 Å². The maximum absolute atomic E-state index is 11.7. The lowest BCUT2D eigenvalue weighted by atomic mass is 10.3. The number of hydrogen-bond acceptors (Lipinski definition) is 3. The molecular formula is C15H21BrN2O3S. The second-order valence-electron chi connectivity index (χ2n) is 4.78. The summed E-state index contributed by atoms with van der Waals surface area (Å²) in [5.41, 5.74) is 0.